The standard InChI is InChI=1S/C22H28N2O6S/c1-17(30-20-7-5-6-19(16-20)28-2)22(25)23-12-15-29-18-8-10-21(11-9-18)31(26,27)24-13-3-4-14-24/h5-11,16-17H,3-4,12-15H2,1-2H3,(H,23,25)/t17-/m0/s1. The Morgan fingerprint density at radius 3 is 2.42 bits per heavy atom. The Balaban J connectivity index is 1.42. The molecule has 1 amide bonds. The van der Waals surface area contributed by atoms with E-state index in [0.29, 0.717) is 36.9 Å². The van der Waals surface area contributed by atoms with Gasteiger partial charge in [0.05, 0.1) is 18.6 Å². The molecule has 1 atom stereocenters. The molecule has 2 aromatic rings. The van der Waals surface area contributed by atoms with Gasteiger partial charge in [-0.25, -0.2) is 8.42 Å². The van der Waals surface area contributed by atoms with Gasteiger partial charge in [-0.05, 0) is 56.2 Å². The molecule has 168 valence electrons. The van der Waals surface area contributed by atoms with Crippen LogP contribution in [0, 0.1) is 0 Å². The molecule has 9 heteroatoms. The number of methoxy groups -OCH3 is 1. The molecule has 0 spiro atoms. The maximum absolute atomic E-state index is 12.5. The fraction of sp³-hybridized carbons (Fsp3) is 0.409. The van der Waals surface area contributed by atoms with Crippen molar-refractivity contribution in [2.24, 2.45) is 0 Å². The number of amides is 1. The van der Waals surface area contributed by atoms with Gasteiger partial charge in [0.15, 0.2) is 6.10 Å². The average molecular weight is 449 g/mol. The van der Waals surface area contributed by atoms with E-state index in [-0.39, 0.29) is 17.4 Å². The molecule has 0 aromatic heterocycles. The van der Waals surface area contributed by atoms with Crippen LogP contribution in [-0.4, -0.2) is 58.1 Å². The summed E-state index contributed by atoms with van der Waals surface area (Å²) in [6, 6.07) is 13.4. The summed E-state index contributed by atoms with van der Waals surface area (Å²) in [7, 11) is -1.87. The molecule has 1 aliphatic heterocycles. The van der Waals surface area contributed by atoms with Crippen LogP contribution in [-0.2, 0) is 14.8 Å². The highest BCUT2D eigenvalue weighted by Crippen LogP contribution is 2.23. The van der Waals surface area contributed by atoms with Crippen molar-refractivity contribution in [1.82, 2.24) is 9.62 Å². The normalized spacial score (nSPS) is 15.3. The lowest BCUT2D eigenvalue weighted by Crippen LogP contribution is -2.38. The highest BCUT2D eigenvalue weighted by Gasteiger charge is 2.26. The van der Waals surface area contributed by atoms with E-state index in [4.69, 9.17) is 14.2 Å². The van der Waals surface area contributed by atoms with Gasteiger partial charge in [0.2, 0.25) is 10.0 Å². The van der Waals surface area contributed by atoms with E-state index in [1.165, 1.54) is 4.31 Å². The van der Waals surface area contributed by atoms with Crippen molar-refractivity contribution in [1.29, 1.82) is 0 Å². The highest BCUT2D eigenvalue weighted by atomic mass is 32.2. The van der Waals surface area contributed by atoms with Gasteiger partial charge >= 0.3 is 0 Å². The maximum atomic E-state index is 12.5. The first-order chi connectivity index (χ1) is 14.9. The second-order valence-electron chi connectivity index (χ2n) is 7.16. The van der Waals surface area contributed by atoms with Crippen molar-refractivity contribution < 1.29 is 27.4 Å². The summed E-state index contributed by atoms with van der Waals surface area (Å²) in [5, 5.41) is 2.75. The summed E-state index contributed by atoms with van der Waals surface area (Å²) in [6.07, 6.45) is 1.12. The van der Waals surface area contributed by atoms with Crippen LogP contribution in [0.5, 0.6) is 17.2 Å². The number of nitrogens with zero attached hydrogens (tertiary/aromatic N) is 1. The smallest absolute Gasteiger partial charge is 0.260 e. The number of hydrogen-bond acceptors (Lipinski definition) is 6. The van der Waals surface area contributed by atoms with E-state index in [9.17, 15) is 13.2 Å². The monoisotopic (exact) mass is 448 g/mol. The quantitative estimate of drug-likeness (QED) is 0.561. The number of nitrogens with one attached hydrogen (secondary N) is 1. The third kappa shape index (κ3) is 6.11. The molecule has 1 saturated heterocycles. The van der Waals surface area contributed by atoms with E-state index < -0.39 is 16.1 Å². The Morgan fingerprint density at radius 2 is 1.74 bits per heavy atom. The molecular formula is C22H28N2O6S. The molecular weight excluding hydrogens is 420 g/mol. The summed E-state index contributed by atoms with van der Waals surface area (Å²) in [4.78, 5) is 12.5. The molecule has 1 fully saturated rings. The van der Waals surface area contributed by atoms with Crippen molar-refractivity contribution in [3.05, 3.63) is 48.5 Å². The lowest BCUT2D eigenvalue weighted by Gasteiger charge is -2.16. The Morgan fingerprint density at radius 1 is 1.06 bits per heavy atom. The fourth-order valence-corrected chi connectivity index (χ4v) is 4.72. The summed E-state index contributed by atoms with van der Waals surface area (Å²) in [6.45, 7) is 3.34. The van der Waals surface area contributed by atoms with Crippen LogP contribution in [0.4, 0.5) is 0 Å². The van der Waals surface area contributed by atoms with Gasteiger partial charge in [-0.3, -0.25) is 4.79 Å². The van der Waals surface area contributed by atoms with Crippen molar-refractivity contribution >= 4 is 15.9 Å². The lowest BCUT2D eigenvalue weighted by atomic mass is 10.3. The Bertz CT molecular complexity index is 972. The predicted octanol–water partition coefficient (Wildman–Crippen LogP) is 2.44. The summed E-state index contributed by atoms with van der Waals surface area (Å²) in [5.74, 6) is 1.47. The second-order valence-corrected chi connectivity index (χ2v) is 9.10. The van der Waals surface area contributed by atoms with Gasteiger partial charge in [0, 0.05) is 19.2 Å². The van der Waals surface area contributed by atoms with Crippen LogP contribution in [0.3, 0.4) is 0 Å². The van der Waals surface area contributed by atoms with Crippen LogP contribution < -0.4 is 19.5 Å². The van der Waals surface area contributed by atoms with E-state index in [2.05, 4.69) is 5.32 Å². The summed E-state index contributed by atoms with van der Waals surface area (Å²) < 4.78 is 42.9. The van der Waals surface area contributed by atoms with E-state index >= 15 is 0 Å². The molecule has 3 rings (SSSR count). The number of rotatable bonds is 10. The minimum atomic E-state index is -3.43. The van der Waals surface area contributed by atoms with Crippen LogP contribution >= 0.6 is 0 Å². The lowest BCUT2D eigenvalue weighted by molar-refractivity contribution is -0.127. The van der Waals surface area contributed by atoms with E-state index in [1.54, 1.807) is 62.6 Å². The first-order valence-electron chi connectivity index (χ1n) is 10.2. The minimum absolute atomic E-state index is 0.246. The minimum Gasteiger partial charge on any atom is -0.497 e. The SMILES string of the molecule is COc1cccc(O[C@@H](C)C(=O)NCCOc2ccc(S(=O)(=O)N3CCCC3)cc2)c1. The van der Waals surface area contributed by atoms with Crippen LogP contribution in [0.25, 0.3) is 0 Å². The molecule has 1 N–H and O–H groups in total. The topological polar surface area (TPSA) is 94.2 Å². The van der Waals surface area contributed by atoms with Gasteiger partial charge in [-0.15, -0.1) is 0 Å². The number of benzene rings is 2. The number of carbonyl (C=O) groups excluding carboxylic acids is 1. The molecule has 0 bridgehead atoms. The van der Waals surface area contributed by atoms with Crippen molar-refractivity contribution in [2.45, 2.75) is 30.8 Å². The molecule has 0 radical (unpaired) electrons. The number of ether oxygens (including phenoxy) is 3. The largest absolute Gasteiger partial charge is 0.497 e. The van der Waals surface area contributed by atoms with Gasteiger partial charge in [-0.1, -0.05) is 6.07 Å². The first kappa shape index (κ1) is 22.9. The van der Waals surface area contributed by atoms with Crippen LogP contribution in [0.1, 0.15) is 19.8 Å². The van der Waals surface area contributed by atoms with Crippen molar-refractivity contribution in [3.63, 3.8) is 0 Å². The molecule has 8 nitrogen and oxygen atoms in total. The van der Waals surface area contributed by atoms with Crippen LogP contribution in [0.2, 0.25) is 0 Å². The Labute approximate surface area is 183 Å². The van der Waals surface area contributed by atoms with E-state index in [1.807, 2.05) is 0 Å². The average Bonchev–Trinajstić information content (AvgIpc) is 3.33. The first-order valence-corrected chi connectivity index (χ1v) is 11.7. The van der Waals surface area contributed by atoms with Gasteiger partial charge in [0.25, 0.3) is 5.91 Å². The number of carbonyl (C=O) groups is 1. The van der Waals surface area contributed by atoms with Gasteiger partial charge in [-0.2, -0.15) is 4.31 Å². The Hall–Kier alpha value is -2.78. The molecule has 1 aliphatic rings. The Kier molecular flexibility index (Phi) is 7.75. The molecule has 0 unspecified atom stereocenters. The second kappa shape index (κ2) is 10.5. The molecule has 0 aliphatic carbocycles. The van der Waals surface area contributed by atoms with E-state index in [0.717, 1.165) is 12.8 Å². The highest BCUT2D eigenvalue weighted by molar-refractivity contribution is 7.89. The molecule has 1 heterocycles. The number of hydrogen-bond donors (Lipinski definition) is 1. The zero-order valence-electron chi connectivity index (χ0n) is 17.7. The number of sulfonamides is 1. The van der Waals surface area contributed by atoms with Crippen LogP contribution in [0.15, 0.2) is 53.4 Å². The van der Waals surface area contributed by atoms with Crippen molar-refractivity contribution in [3.8, 4) is 17.2 Å². The summed E-state index contributed by atoms with van der Waals surface area (Å²) >= 11 is 0. The third-order valence-corrected chi connectivity index (χ3v) is 6.83. The molecule has 31 heavy (non-hydrogen) atoms. The fourth-order valence-electron chi connectivity index (χ4n) is 3.20. The molecule has 0 saturated carbocycles. The van der Waals surface area contributed by atoms with Gasteiger partial charge < -0.3 is 19.5 Å². The molecule has 2 aromatic carbocycles. The summed E-state index contributed by atoms with van der Waals surface area (Å²) in [5.41, 5.74) is 0. The third-order valence-electron chi connectivity index (χ3n) is 4.92. The zero-order chi connectivity index (χ0) is 22.3. The predicted molar refractivity (Wildman–Crippen MR) is 116 cm³/mol. The van der Waals surface area contributed by atoms with Crippen molar-refractivity contribution in [2.75, 3.05) is 33.4 Å². The zero-order valence-corrected chi connectivity index (χ0v) is 18.6. The van der Waals surface area contributed by atoms with Gasteiger partial charge in [0.1, 0.15) is 23.9 Å². The maximum Gasteiger partial charge on any atom is 0.260 e.